The van der Waals surface area contributed by atoms with Crippen LogP contribution in [0.25, 0.3) is 27.7 Å². The van der Waals surface area contributed by atoms with Gasteiger partial charge in [0.15, 0.2) is 10.9 Å². The van der Waals surface area contributed by atoms with Gasteiger partial charge >= 0.3 is 0 Å². The summed E-state index contributed by atoms with van der Waals surface area (Å²) in [6, 6.07) is 18.6. The lowest BCUT2D eigenvalue weighted by Crippen LogP contribution is -2.17. The monoisotopic (exact) mass is 489 g/mol. The number of hydrogen-bond donors (Lipinski definition) is 2. The Morgan fingerprint density at radius 1 is 1.06 bits per heavy atom. The van der Waals surface area contributed by atoms with Gasteiger partial charge in [-0.05, 0) is 36.4 Å². The molecule has 0 aliphatic carbocycles. The normalized spacial score (nSPS) is 10.9. The second kappa shape index (κ2) is 9.46. The number of nitrogens with zero attached hydrogens (tertiary/aromatic N) is 3. The SMILES string of the molecule is CC(=O)NCc1ccc(-c2csc(NC(=O)c3cc(-c4ccco4)nn3-c3ccccc3)n2)s1. The summed E-state index contributed by atoms with van der Waals surface area (Å²) < 4.78 is 7.06. The Hall–Kier alpha value is -4.02. The van der Waals surface area contributed by atoms with Crippen molar-refractivity contribution in [1.29, 1.82) is 0 Å². The summed E-state index contributed by atoms with van der Waals surface area (Å²) in [5.41, 5.74) is 2.45. The Balaban J connectivity index is 1.38. The van der Waals surface area contributed by atoms with Crippen molar-refractivity contribution in [2.75, 3.05) is 5.32 Å². The van der Waals surface area contributed by atoms with Crippen molar-refractivity contribution in [2.24, 2.45) is 0 Å². The van der Waals surface area contributed by atoms with E-state index in [0.717, 1.165) is 21.1 Å². The largest absolute Gasteiger partial charge is 0.463 e. The molecule has 34 heavy (non-hydrogen) atoms. The first-order valence-corrected chi connectivity index (χ1v) is 12.1. The van der Waals surface area contributed by atoms with E-state index in [9.17, 15) is 9.59 Å². The van der Waals surface area contributed by atoms with Crippen LogP contribution >= 0.6 is 22.7 Å². The molecule has 170 valence electrons. The van der Waals surface area contributed by atoms with Crippen LogP contribution in [-0.4, -0.2) is 26.6 Å². The number of para-hydroxylation sites is 1. The Kier molecular flexibility index (Phi) is 6.07. The van der Waals surface area contributed by atoms with Gasteiger partial charge < -0.3 is 9.73 Å². The molecular weight excluding hydrogens is 470 g/mol. The number of carbonyl (C=O) groups excluding carboxylic acids is 2. The standard InChI is InChI=1S/C24H19N5O3S2/c1-15(30)25-13-17-9-10-22(34-17)19-14-33-24(26-19)27-23(31)20-12-18(21-8-5-11-32-21)28-29(20)16-6-3-2-4-7-16/h2-12,14H,13H2,1H3,(H,25,30)(H,26,27,31). The summed E-state index contributed by atoms with van der Waals surface area (Å²) in [5.74, 6) is 0.180. The zero-order valence-corrected chi connectivity index (χ0v) is 19.7. The third kappa shape index (κ3) is 4.68. The van der Waals surface area contributed by atoms with E-state index in [0.29, 0.717) is 28.8 Å². The molecule has 4 aromatic heterocycles. The maximum Gasteiger partial charge on any atom is 0.276 e. The molecule has 0 unspecified atom stereocenters. The molecule has 0 radical (unpaired) electrons. The van der Waals surface area contributed by atoms with Crippen molar-refractivity contribution in [3.63, 3.8) is 0 Å². The molecule has 0 fully saturated rings. The molecule has 0 bridgehead atoms. The number of thiophene rings is 1. The van der Waals surface area contributed by atoms with Crippen molar-refractivity contribution >= 4 is 39.6 Å². The highest BCUT2D eigenvalue weighted by Crippen LogP contribution is 2.31. The first kappa shape index (κ1) is 21.8. The van der Waals surface area contributed by atoms with Crippen molar-refractivity contribution in [1.82, 2.24) is 20.1 Å². The number of aromatic nitrogens is 3. The van der Waals surface area contributed by atoms with Crippen LogP contribution in [0, 0.1) is 0 Å². The van der Waals surface area contributed by atoms with E-state index in [1.54, 1.807) is 40.5 Å². The number of benzene rings is 1. The molecule has 0 atom stereocenters. The number of anilines is 1. The lowest BCUT2D eigenvalue weighted by Gasteiger charge is -2.06. The zero-order valence-electron chi connectivity index (χ0n) is 18.0. The van der Waals surface area contributed by atoms with Crippen LogP contribution in [0.1, 0.15) is 22.3 Å². The minimum Gasteiger partial charge on any atom is -0.463 e. The van der Waals surface area contributed by atoms with Gasteiger partial charge in [-0.1, -0.05) is 18.2 Å². The Morgan fingerprint density at radius 3 is 2.68 bits per heavy atom. The van der Waals surface area contributed by atoms with Gasteiger partial charge in [-0.15, -0.1) is 22.7 Å². The highest BCUT2D eigenvalue weighted by atomic mass is 32.1. The molecule has 0 saturated heterocycles. The molecule has 0 spiro atoms. The lowest BCUT2D eigenvalue weighted by molar-refractivity contribution is -0.119. The molecule has 2 N–H and O–H groups in total. The number of rotatable bonds is 7. The van der Waals surface area contributed by atoms with Crippen LogP contribution in [0.3, 0.4) is 0 Å². The summed E-state index contributed by atoms with van der Waals surface area (Å²) in [4.78, 5) is 30.9. The number of hydrogen-bond acceptors (Lipinski definition) is 7. The highest BCUT2D eigenvalue weighted by molar-refractivity contribution is 7.17. The molecule has 2 amide bonds. The molecule has 5 aromatic rings. The number of furan rings is 1. The Bertz CT molecular complexity index is 1430. The van der Waals surface area contributed by atoms with Crippen LogP contribution in [0.5, 0.6) is 0 Å². The Morgan fingerprint density at radius 2 is 1.91 bits per heavy atom. The summed E-state index contributed by atoms with van der Waals surface area (Å²) in [6.45, 7) is 1.97. The van der Waals surface area contributed by atoms with E-state index in [1.807, 2.05) is 47.8 Å². The van der Waals surface area contributed by atoms with E-state index >= 15 is 0 Å². The zero-order chi connectivity index (χ0) is 23.5. The lowest BCUT2D eigenvalue weighted by atomic mass is 10.2. The first-order valence-electron chi connectivity index (χ1n) is 10.4. The average Bonchev–Trinajstić information content (AvgIpc) is 3.64. The molecule has 0 aliphatic heterocycles. The van der Waals surface area contributed by atoms with Gasteiger partial charge in [0.25, 0.3) is 5.91 Å². The van der Waals surface area contributed by atoms with E-state index in [1.165, 1.54) is 18.3 Å². The van der Waals surface area contributed by atoms with Crippen LogP contribution < -0.4 is 10.6 Å². The van der Waals surface area contributed by atoms with Crippen molar-refractivity contribution in [3.8, 4) is 27.7 Å². The summed E-state index contributed by atoms with van der Waals surface area (Å²) in [6.07, 6.45) is 1.57. The predicted octanol–water partition coefficient (Wildman–Crippen LogP) is 5.21. The third-order valence-corrected chi connectivity index (χ3v) is 6.73. The number of amides is 2. The molecule has 5 rings (SSSR count). The first-order chi connectivity index (χ1) is 16.6. The van der Waals surface area contributed by atoms with Gasteiger partial charge in [0.05, 0.1) is 29.1 Å². The average molecular weight is 490 g/mol. The predicted molar refractivity (Wildman–Crippen MR) is 132 cm³/mol. The third-order valence-electron chi connectivity index (χ3n) is 4.87. The molecule has 8 nitrogen and oxygen atoms in total. The smallest absolute Gasteiger partial charge is 0.276 e. The van der Waals surface area contributed by atoms with Crippen LogP contribution in [0.15, 0.2) is 76.7 Å². The molecule has 0 saturated carbocycles. The van der Waals surface area contributed by atoms with Crippen molar-refractivity contribution in [3.05, 3.63) is 82.9 Å². The minimum absolute atomic E-state index is 0.0708. The van der Waals surface area contributed by atoms with Crippen LogP contribution in [0.4, 0.5) is 5.13 Å². The molecule has 0 aliphatic rings. The number of thiazole rings is 1. The molecule has 10 heteroatoms. The van der Waals surface area contributed by atoms with Gasteiger partial charge in [0.2, 0.25) is 5.91 Å². The van der Waals surface area contributed by atoms with E-state index in [4.69, 9.17) is 4.42 Å². The molecular formula is C24H19N5O3S2. The van der Waals surface area contributed by atoms with E-state index < -0.39 is 0 Å². The van der Waals surface area contributed by atoms with Crippen LogP contribution in [-0.2, 0) is 11.3 Å². The van der Waals surface area contributed by atoms with Gasteiger partial charge in [0, 0.05) is 23.2 Å². The highest BCUT2D eigenvalue weighted by Gasteiger charge is 2.20. The molecule has 1 aromatic carbocycles. The fourth-order valence-electron chi connectivity index (χ4n) is 3.28. The summed E-state index contributed by atoms with van der Waals surface area (Å²) in [5, 5.41) is 12.6. The van der Waals surface area contributed by atoms with Crippen LogP contribution in [0.2, 0.25) is 0 Å². The van der Waals surface area contributed by atoms with E-state index in [-0.39, 0.29) is 11.8 Å². The summed E-state index contributed by atoms with van der Waals surface area (Å²) >= 11 is 2.90. The maximum absolute atomic E-state index is 13.2. The summed E-state index contributed by atoms with van der Waals surface area (Å²) in [7, 11) is 0. The number of nitrogens with one attached hydrogen (secondary N) is 2. The number of carbonyl (C=O) groups is 2. The fraction of sp³-hybridized carbons (Fsp3) is 0.0833. The van der Waals surface area contributed by atoms with Crippen molar-refractivity contribution in [2.45, 2.75) is 13.5 Å². The Labute approximate surface area is 202 Å². The molecule has 4 heterocycles. The van der Waals surface area contributed by atoms with E-state index in [2.05, 4.69) is 20.7 Å². The van der Waals surface area contributed by atoms with Gasteiger partial charge in [-0.3, -0.25) is 14.9 Å². The second-order valence-electron chi connectivity index (χ2n) is 7.31. The topological polar surface area (TPSA) is 102 Å². The van der Waals surface area contributed by atoms with Gasteiger partial charge in [-0.25, -0.2) is 9.67 Å². The quantitative estimate of drug-likeness (QED) is 0.327. The minimum atomic E-state index is -0.326. The fourth-order valence-corrected chi connectivity index (χ4v) is 4.97. The van der Waals surface area contributed by atoms with Gasteiger partial charge in [-0.2, -0.15) is 5.10 Å². The van der Waals surface area contributed by atoms with Crippen molar-refractivity contribution < 1.29 is 14.0 Å². The maximum atomic E-state index is 13.2. The van der Waals surface area contributed by atoms with Gasteiger partial charge in [0.1, 0.15) is 11.4 Å². The second-order valence-corrected chi connectivity index (χ2v) is 9.33.